The summed E-state index contributed by atoms with van der Waals surface area (Å²) in [6.07, 6.45) is 22.4. The molecule has 0 bridgehead atoms. The number of hydrogen-bond donors (Lipinski definition) is 1. The largest absolute Gasteiger partial charge is 0.480 e. The number of carboxylic acids is 1. The molecule has 0 aromatic heterocycles. The molecule has 2 saturated heterocycles. The highest BCUT2D eigenvalue weighted by molar-refractivity contribution is 5.87. The Morgan fingerprint density at radius 3 is 1.74 bits per heavy atom. The lowest BCUT2D eigenvalue weighted by molar-refractivity contribution is -0.150. The number of nitrogens with zero attached hydrogens (tertiary/aromatic N) is 2. The van der Waals surface area contributed by atoms with E-state index in [0.29, 0.717) is 13.0 Å². The van der Waals surface area contributed by atoms with Crippen molar-refractivity contribution in [1.82, 2.24) is 9.80 Å². The van der Waals surface area contributed by atoms with Crippen LogP contribution in [-0.2, 0) is 9.59 Å². The van der Waals surface area contributed by atoms with Crippen LogP contribution in [0.15, 0.2) is 0 Å². The van der Waals surface area contributed by atoms with E-state index in [0.717, 1.165) is 38.8 Å². The van der Waals surface area contributed by atoms with Gasteiger partial charge in [-0.15, -0.1) is 0 Å². The summed E-state index contributed by atoms with van der Waals surface area (Å²) >= 11 is 0. The van der Waals surface area contributed by atoms with Crippen molar-refractivity contribution in [2.45, 2.75) is 135 Å². The fraction of sp³-hybridized carbons (Fsp3) is 0.923. The molecule has 2 aliphatic rings. The summed E-state index contributed by atoms with van der Waals surface area (Å²) in [4.78, 5) is 28.3. The smallest absolute Gasteiger partial charge is 0.326 e. The number of rotatable bonds is 17. The van der Waals surface area contributed by atoms with Crippen LogP contribution < -0.4 is 0 Å². The van der Waals surface area contributed by atoms with Crippen molar-refractivity contribution in [3.8, 4) is 0 Å². The van der Waals surface area contributed by atoms with Gasteiger partial charge in [0.05, 0.1) is 6.04 Å². The van der Waals surface area contributed by atoms with Gasteiger partial charge in [0.1, 0.15) is 6.04 Å². The Morgan fingerprint density at radius 2 is 1.19 bits per heavy atom. The summed E-state index contributed by atoms with van der Waals surface area (Å²) in [6.45, 7) is 4.86. The summed E-state index contributed by atoms with van der Waals surface area (Å²) in [5.74, 6) is -0.782. The van der Waals surface area contributed by atoms with Gasteiger partial charge in [0, 0.05) is 6.54 Å². The molecule has 0 aromatic carbocycles. The van der Waals surface area contributed by atoms with Crippen molar-refractivity contribution >= 4 is 11.9 Å². The zero-order valence-electron chi connectivity index (χ0n) is 20.2. The molecule has 1 N–H and O–H groups in total. The first-order chi connectivity index (χ1) is 15.1. The van der Waals surface area contributed by atoms with E-state index in [2.05, 4.69) is 11.8 Å². The van der Waals surface area contributed by atoms with Gasteiger partial charge in [0.2, 0.25) is 5.91 Å². The predicted octanol–water partition coefficient (Wildman–Crippen LogP) is 6.01. The number of carboxylic acid groups (broad SMARTS) is 1. The van der Waals surface area contributed by atoms with Crippen molar-refractivity contribution in [3.63, 3.8) is 0 Å². The van der Waals surface area contributed by atoms with E-state index in [1.165, 1.54) is 83.5 Å². The maximum absolute atomic E-state index is 12.9. The van der Waals surface area contributed by atoms with E-state index in [1.807, 2.05) is 0 Å². The maximum Gasteiger partial charge on any atom is 0.326 e. The molecule has 0 saturated carbocycles. The van der Waals surface area contributed by atoms with E-state index in [-0.39, 0.29) is 11.9 Å². The van der Waals surface area contributed by atoms with Crippen LogP contribution in [-0.4, -0.2) is 58.5 Å². The van der Waals surface area contributed by atoms with Gasteiger partial charge in [-0.3, -0.25) is 9.69 Å². The number of hydrogen-bond acceptors (Lipinski definition) is 3. The Balaban J connectivity index is 1.48. The average molecular weight is 437 g/mol. The van der Waals surface area contributed by atoms with Crippen LogP contribution in [0.4, 0.5) is 0 Å². The van der Waals surface area contributed by atoms with Crippen molar-refractivity contribution in [3.05, 3.63) is 0 Å². The highest BCUT2D eigenvalue weighted by atomic mass is 16.4. The molecule has 2 aliphatic heterocycles. The lowest BCUT2D eigenvalue weighted by Crippen LogP contribution is -2.49. The lowest BCUT2D eigenvalue weighted by Gasteiger charge is -2.30. The number of aliphatic carboxylic acids is 1. The second-order valence-corrected chi connectivity index (χ2v) is 9.82. The molecule has 0 aromatic rings. The van der Waals surface area contributed by atoms with Gasteiger partial charge in [0.25, 0.3) is 0 Å². The van der Waals surface area contributed by atoms with Crippen LogP contribution in [0.1, 0.15) is 122 Å². The Hall–Kier alpha value is -1.10. The molecule has 0 unspecified atom stereocenters. The minimum absolute atomic E-state index is 0.0627. The summed E-state index contributed by atoms with van der Waals surface area (Å²) < 4.78 is 0. The van der Waals surface area contributed by atoms with E-state index in [1.54, 1.807) is 4.90 Å². The fourth-order valence-electron chi connectivity index (χ4n) is 5.36. The van der Waals surface area contributed by atoms with Crippen LogP contribution in [0.5, 0.6) is 0 Å². The Kier molecular flexibility index (Phi) is 13.2. The van der Waals surface area contributed by atoms with Gasteiger partial charge in [-0.25, -0.2) is 4.79 Å². The summed E-state index contributed by atoms with van der Waals surface area (Å²) in [5, 5.41) is 9.38. The van der Waals surface area contributed by atoms with E-state index in [9.17, 15) is 14.7 Å². The van der Waals surface area contributed by atoms with Crippen molar-refractivity contribution in [2.24, 2.45) is 0 Å². The highest BCUT2D eigenvalue weighted by Gasteiger charge is 2.40. The molecule has 2 rings (SSSR count). The molecule has 2 atom stereocenters. The topological polar surface area (TPSA) is 60.9 Å². The van der Waals surface area contributed by atoms with Crippen LogP contribution in [0.25, 0.3) is 0 Å². The zero-order valence-corrected chi connectivity index (χ0v) is 20.2. The van der Waals surface area contributed by atoms with E-state index >= 15 is 0 Å². The van der Waals surface area contributed by atoms with E-state index < -0.39 is 12.0 Å². The molecule has 1 amide bonds. The first-order valence-corrected chi connectivity index (χ1v) is 13.4. The molecule has 0 radical (unpaired) electrons. The normalized spacial score (nSPS) is 21.8. The summed E-state index contributed by atoms with van der Waals surface area (Å²) in [7, 11) is 0. The molecule has 180 valence electrons. The molecule has 2 heterocycles. The first kappa shape index (κ1) is 26.2. The number of carbonyl (C=O) groups excluding carboxylic acids is 1. The lowest BCUT2D eigenvalue weighted by atomic mass is 10.0. The van der Waals surface area contributed by atoms with Gasteiger partial charge in [-0.2, -0.15) is 0 Å². The molecular weight excluding hydrogens is 388 g/mol. The number of carbonyl (C=O) groups is 2. The van der Waals surface area contributed by atoms with Crippen molar-refractivity contribution in [2.75, 3.05) is 19.6 Å². The SMILES string of the molecule is CCCCCCCCCCCCCCCCN1CCC[C@H]1C(=O)N1CCC[C@H]1C(=O)O. The summed E-state index contributed by atoms with van der Waals surface area (Å²) in [6, 6.07) is -0.682. The Labute approximate surface area is 190 Å². The molecule has 5 nitrogen and oxygen atoms in total. The standard InChI is InChI=1S/C26H48N2O3/c1-2-3-4-5-6-7-8-9-10-11-12-13-14-15-20-27-21-16-18-23(27)25(29)28-22-17-19-24(28)26(30)31/h23-24H,2-22H2,1H3,(H,30,31)/t23-,24-/m0/s1. The average Bonchev–Trinajstić information content (AvgIpc) is 3.43. The quantitative estimate of drug-likeness (QED) is 0.284. The number of amides is 1. The van der Waals surface area contributed by atoms with Crippen LogP contribution >= 0.6 is 0 Å². The molecule has 2 fully saturated rings. The fourth-order valence-corrected chi connectivity index (χ4v) is 5.36. The second-order valence-electron chi connectivity index (χ2n) is 9.82. The molecular formula is C26H48N2O3. The third kappa shape index (κ3) is 9.51. The zero-order chi connectivity index (χ0) is 22.3. The van der Waals surface area contributed by atoms with Crippen molar-refractivity contribution < 1.29 is 14.7 Å². The minimum atomic E-state index is -0.845. The van der Waals surface area contributed by atoms with Gasteiger partial charge in [-0.05, 0) is 45.2 Å². The maximum atomic E-state index is 12.9. The third-order valence-corrected chi connectivity index (χ3v) is 7.27. The van der Waals surface area contributed by atoms with Gasteiger partial charge >= 0.3 is 5.97 Å². The number of likely N-dealkylation sites (tertiary alicyclic amines) is 2. The Morgan fingerprint density at radius 1 is 0.710 bits per heavy atom. The summed E-state index contributed by atoms with van der Waals surface area (Å²) in [5.41, 5.74) is 0. The molecule has 0 spiro atoms. The van der Waals surface area contributed by atoms with Crippen LogP contribution in [0.2, 0.25) is 0 Å². The molecule has 5 heteroatoms. The first-order valence-electron chi connectivity index (χ1n) is 13.4. The van der Waals surface area contributed by atoms with Crippen molar-refractivity contribution in [1.29, 1.82) is 0 Å². The molecule has 0 aliphatic carbocycles. The number of unbranched alkanes of at least 4 members (excludes halogenated alkanes) is 13. The van der Waals surface area contributed by atoms with Gasteiger partial charge < -0.3 is 10.0 Å². The van der Waals surface area contributed by atoms with E-state index in [4.69, 9.17) is 0 Å². The highest BCUT2D eigenvalue weighted by Crippen LogP contribution is 2.25. The van der Waals surface area contributed by atoms with Gasteiger partial charge in [0.15, 0.2) is 0 Å². The molecule has 31 heavy (non-hydrogen) atoms. The van der Waals surface area contributed by atoms with Gasteiger partial charge in [-0.1, -0.05) is 90.4 Å². The second kappa shape index (κ2) is 15.7. The third-order valence-electron chi connectivity index (χ3n) is 7.27. The minimum Gasteiger partial charge on any atom is -0.480 e. The monoisotopic (exact) mass is 436 g/mol. The Bertz CT molecular complexity index is 511. The van der Waals surface area contributed by atoms with Crippen LogP contribution in [0.3, 0.4) is 0 Å². The van der Waals surface area contributed by atoms with Crippen LogP contribution in [0, 0.1) is 0 Å². The predicted molar refractivity (Wildman–Crippen MR) is 127 cm³/mol.